The lowest BCUT2D eigenvalue weighted by molar-refractivity contribution is -0.485. The van der Waals surface area contributed by atoms with E-state index in [0.717, 1.165) is 5.56 Å². The van der Waals surface area contributed by atoms with Gasteiger partial charge in [-0.3, -0.25) is 14.9 Å². The summed E-state index contributed by atoms with van der Waals surface area (Å²) in [6.07, 6.45) is 0.442. The van der Waals surface area contributed by atoms with Gasteiger partial charge in [-0.25, -0.2) is 0 Å². The van der Waals surface area contributed by atoms with Crippen LogP contribution in [0.3, 0.4) is 0 Å². The van der Waals surface area contributed by atoms with Gasteiger partial charge in [0, 0.05) is 4.92 Å². The molecular weight excluding hydrogens is 330 g/mol. The van der Waals surface area contributed by atoms with Crippen LogP contribution in [-0.4, -0.2) is 23.1 Å². The molecule has 2 aromatic rings. The van der Waals surface area contributed by atoms with Crippen LogP contribution in [0.1, 0.15) is 31.7 Å². The van der Waals surface area contributed by atoms with Gasteiger partial charge in [0.15, 0.2) is 0 Å². The van der Waals surface area contributed by atoms with E-state index in [1.54, 1.807) is 6.92 Å². The molecule has 0 aliphatic carbocycles. The van der Waals surface area contributed by atoms with Crippen LogP contribution in [0.2, 0.25) is 0 Å². The van der Waals surface area contributed by atoms with Crippen molar-refractivity contribution in [3.05, 3.63) is 76.3 Å². The highest BCUT2D eigenvalue weighted by Gasteiger charge is 2.55. The second-order valence-electron chi connectivity index (χ2n) is 6.44. The first-order valence-electron chi connectivity index (χ1n) is 8.62. The normalized spacial score (nSPS) is 20.8. The molecule has 0 aromatic heterocycles. The summed E-state index contributed by atoms with van der Waals surface area (Å²) in [5.41, 5.74) is 1.04. The molecule has 0 N–H and O–H groups in total. The van der Waals surface area contributed by atoms with E-state index >= 15 is 0 Å². The highest BCUT2D eigenvalue weighted by molar-refractivity contribution is 6.19. The van der Waals surface area contributed by atoms with Crippen LogP contribution in [0, 0.1) is 15.5 Å². The van der Waals surface area contributed by atoms with Gasteiger partial charge in [-0.1, -0.05) is 55.5 Å². The summed E-state index contributed by atoms with van der Waals surface area (Å²) >= 11 is 0. The number of nitrogens with zero attached hydrogens (tertiary/aromatic N) is 3. The van der Waals surface area contributed by atoms with Crippen molar-refractivity contribution in [2.24, 2.45) is 10.5 Å². The quantitative estimate of drug-likeness (QED) is 0.586. The van der Waals surface area contributed by atoms with Crippen molar-refractivity contribution in [1.29, 1.82) is 0 Å². The average Bonchev–Trinajstić information content (AvgIpc) is 2.92. The van der Waals surface area contributed by atoms with Crippen LogP contribution >= 0.6 is 0 Å². The number of nitro groups is 1. The van der Waals surface area contributed by atoms with E-state index in [4.69, 9.17) is 0 Å². The monoisotopic (exact) mass is 351 g/mol. The van der Waals surface area contributed by atoms with Crippen molar-refractivity contribution in [2.45, 2.75) is 26.2 Å². The molecule has 0 bridgehead atoms. The molecule has 1 heterocycles. The van der Waals surface area contributed by atoms with Gasteiger partial charge in [0.1, 0.15) is 5.41 Å². The highest BCUT2D eigenvalue weighted by atomic mass is 16.6. The Morgan fingerprint density at radius 1 is 1.12 bits per heavy atom. The van der Waals surface area contributed by atoms with Crippen molar-refractivity contribution >= 4 is 17.3 Å². The lowest BCUT2D eigenvalue weighted by Gasteiger charge is -2.33. The van der Waals surface area contributed by atoms with Crippen molar-refractivity contribution in [3.8, 4) is 0 Å². The number of para-hydroxylation sites is 1. The van der Waals surface area contributed by atoms with Crippen LogP contribution in [0.5, 0.6) is 0 Å². The minimum atomic E-state index is -1.02. The molecule has 1 aliphatic heterocycles. The van der Waals surface area contributed by atoms with E-state index in [1.165, 1.54) is 5.01 Å². The summed E-state index contributed by atoms with van der Waals surface area (Å²) in [7, 11) is 0. The Bertz CT molecular complexity index is 836. The predicted octanol–water partition coefficient (Wildman–Crippen LogP) is 3.87. The molecule has 6 heteroatoms. The summed E-state index contributed by atoms with van der Waals surface area (Å²) in [5, 5.41) is 17.3. The van der Waals surface area contributed by atoms with Crippen LogP contribution < -0.4 is 5.01 Å². The van der Waals surface area contributed by atoms with E-state index in [1.807, 2.05) is 67.6 Å². The number of carbonyl (C=O) groups is 1. The topological polar surface area (TPSA) is 75.8 Å². The van der Waals surface area contributed by atoms with E-state index in [0.29, 0.717) is 17.8 Å². The number of amides is 1. The van der Waals surface area contributed by atoms with Gasteiger partial charge < -0.3 is 0 Å². The summed E-state index contributed by atoms with van der Waals surface area (Å²) in [6.45, 7) is 3.36. The van der Waals surface area contributed by atoms with E-state index in [2.05, 4.69) is 5.10 Å². The fourth-order valence-electron chi connectivity index (χ4n) is 3.81. The number of carbonyl (C=O) groups excluding carboxylic acids is 1. The Morgan fingerprint density at radius 3 is 2.23 bits per heavy atom. The molecule has 2 atom stereocenters. The summed E-state index contributed by atoms with van der Waals surface area (Å²) in [5.74, 6) is -0.784. The van der Waals surface area contributed by atoms with Gasteiger partial charge in [-0.2, -0.15) is 10.1 Å². The van der Waals surface area contributed by atoms with Crippen LogP contribution in [-0.2, 0) is 4.79 Å². The molecule has 1 aliphatic rings. The minimum Gasteiger partial charge on any atom is -0.271 e. The molecule has 2 aromatic carbocycles. The molecule has 6 nitrogen and oxygen atoms in total. The Balaban J connectivity index is 2.10. The maximum atomic E-state index is 13.5. The molecule has 0 saturated carbocycles. The smallest absolute Gasteiger partial charge is 0.260 e. The van der Waals surface area contributed by atoms with Crippen molar-refractivity contribution in [1.82, 2.24) is 0 Å². The fraction of sp³-hybridized carbons (Fsp3) is 0.300. The first-order valence-corrected chi connectivity index (χ1v) is 8.62. The van der Waals surface area contributed by atoms with Gasteiger partial charge in [0.2, 0.25) is 6.54 Å². The number of hydrogen-bond donors (Lipinski definition) is 0. The van der Waals surface area contributed by atoms with Gasteiger partial charge in [0.05, 0.1) is 17.3 Å². The Labute approximate surface area is 152 Å². The first kappa shape index (κ1) is 17.8. The molecule has 0 radical (unpaired) electrons. The molecule has 26 heavy (non-hydrogen) atoms. The Morgan fingerprint density at radius 2 is 1.69 bits per heavy atom. The third-order valence-electron chi connectivity index (χ3n) is 5.16. The third kappa shape index (κ3) is 2.87. The molecule has 2 unspecified atom stereocenters. The van der Waals surface area contributed by atoms with Gasteiger partial charge >= 0.3 is 0 Å². The Kier molecular flexibility index (Phi) is 4.84. The number of rotatable bonds is 6. The van der Waals surface area contributed by atoms with Crippen LogP contribution in [0.4, 0.5) is 5.69 Å². The lowest BCUT2D eigenvalue weighted by Crippen LogP contribution is -2.45. The summed E-state index contributed by atoms with van der Waals surface area (Å²) in [4.78, 5) is 24.5. The standard InChI is InChI=1S/C20H21N3O3/c1-3-20(18(14-22(25)26)16-10-6-4-7-11-16)15(2)21-23(19(20)24)17-12-8-5-9-13-17/h4-13,18H,3,14H2,1-2H3. The largest absolute Gasteiger partial charge is 0.271 e. The van der Waals surface area contributed by atoms with Gasteiger partial charge in [0.25, 0.3) is 5.91 Å². The molecule has 1 amide bonds. The first-order chi connectivity index (χ1) is 12.5. The lowest BCUT2D eigenvalue weighted by atomic mass is 9.67. The van der Waals surface area contributed by atoms with Crippen LogP contribution in [0.15, 0.2) is 65.8 Å². The number of anilines is 1. The van der Waals surface area contributed by atoms with Gasteiger partial charge in [-0.15, -0.1) is 0 Å². The second kappa shape index (κ2) is 7.07. The Hall–Kier alpha value is -3.02. The third-order valence-corrected chi connectivity index (χ3v) is 5.16. The minimum absolute atomic E-state index is 0.209. The highest BCUT2D eigenvalue weighted by Crippen LogP contribution is 2.46. The zero-order valence-corrected chi connectivity index (χ0v) is 14.8. The fourth-order valence-corrected chi connectivity index (χ4v) is 3.81. The molecule has 3 rings (SSSR count). The number of hydrogen-bond acceptors (Lipinski definition) is 4. The van der Waals surface area contributed by atoms with E-state index in [9.17, 15) is 14.9 Å². The van der Waals surface area contributed by atoms with Gasteiger partial charge in [-0.05, 0) is 31.0 Å². The second-order valence-corrected chi connectivity index (χ2v) is 6.44. The molecule has 0 saturated heterocycles. The van der Waals surface area contributed by atoms with Crippen molar-refractivity contribution in [3.63, 3.8) is 0 Å². The molecule has 134 valence electrons. The average molecular weight is 351 g/mol. The molecular formula is C20H21N3O3. The summed E-state index contributed by atoms with van der Waals surface area (Å²) in [6, 6.07) is 18.4. The number of hydrazone groups is 1. The zero-order chi connectivity index (χ0) is 18.7. The maximum absolute atomic E-state index is 13.5. The van der Waals surface area contributed by atoms with E-state index in [-0.39, 0.29) is 17.4 Å². The zero-order valence-electron chi connectivity index (χ0n) is 14.8. The van der Waals surface area contributed by atoms with E-state index < -0.39 is 11.3 Å². The SMILES string of the molecule is CCC1(C(C[N+](=O)[O-])c2ccccc2)C(=O)N(c2ccccc2)N=C1C. The predicted molar refractivity (Wildman–Crippen MR) is 101 cm³/mol. The summed E-state index contributed by atoms with van der Waals surface area (Å²) < 4.78 is 0. The number of benzene rings is 2. The molecule has 0 spiro atoms. The molecule has 0 fully saturated rings. The van der Waals surface area contributed by atoms with Crippen molar-refractivity contribution in [2.75, 3.05) is 11.6 Å². The van der Waals surface area contributed by atoms with Crippen LogP contribution in [0.25, 0.3) is 0 Å². The maximum Gasteiger partial charge on any atom is 0.260 e. The van der Waals surface area contributed by atoms with Crippen molar-refractivity contribution < 1.29 is 9.72 Å².